The Morgan fingerprint density at radius 3 is 2.71 bits per heavy atom. The summed E-state index contributed by atoms with van der Waals surface area (Å²) >= 11 is 7.68. The van der Waals surface area contributed by atoms with E-state index in [0.29, 0.717) is 22.3 Å². The van der Waals surface area contributed by atoms with Gasteiger partial charge >= 0.3 is 12.1 Å². The molecule has 7 nitrogen and oxygen atoms in total. The number of hydrogen-bond acceptors (Lipinski definition) is 5. The highest BCUT2D eigenvalue weighted by atomic mass is 35.5. The van der Waals surface area contributed by atoms with Crippen molar-refractivity contribution in [1.82, 2.24) is 14.9 Å². The van der Waals surface area contributed by atoms with E-state index in [0.717, 1.165) is 46.3 Å². The number of halogens is 1. The molecule has 2 N–H and O–H groups in total. The maximum Gasteiger partial charge on any atom is 0.410 e. The number of fused-ring (bicyclic) bond motifs is 1. The summed E-state index contributed by atoms with van der Waals surface area (Å²) in [4.78, 5) is 33.8. The van der Waals surface area contributed by atoms with Crippen LogP contribution < -0.4 is 0 Å². The maximum absolute atomic E-state index is 12.7. The number of rotatable bonds is 3. The summed E-state index contributed by atoms with van der Waals surface area (Å²) in [6.45, 7) is 7.90. The van der Waals surface area contributed by atoms with Gasteiger partial charge in [0.1, 0.15) is 15.5 Å². The molecule has 0 aliphatic carbocycles. The summed E-state index contributed by atoms with van der Waals surface area (Å²) < 4.78 is 5.57. The molecule has 164 valence electrons. The molecular formula is C22H24ClN3O4S. The van der Waals surface area contributed by atoms with Crippen molar-refractivity contribution in [3.63, 3.8) is 0 Å². The number of carbonyl (C=O) groups is 2. The first-order valence-electron chi connectivity index (χ1n) is 10.1. The number of aromatic amines is 1. The summed E-state index contributed by atoms with van der Waals surface area (Å²) in [6, 6.07) is 5.62. The van der Waals surface area contributed by atoms with Crippen LogP contribution in [-0.4, -0.2) is 44.2 Å². The number of aryl methyl sites for hydroxylation is 1. The highest BCUT2D eigenvalue weighted by Crippen LogP contribution is 2.38. The van der Waals surface area contributed by atoms with E-state index < -0.39 is 11.6 Å². The third kappa shape index (κ3) is 4.27. The van der Waals surface area contributed by atoms with Crippen molar-refractivity contribution in [2.24, 2.45) is 0 Å². The summed E-state index contributed by atoms with van der Waals surface area (Å²) in [5.41, 5.74) is 2.38. The number of aromatic carboxylic acids is 1. The van der Waals surface area contributed by atoms with Crippen molar-refractivity contribution in [3.8, 4) is 10.6 Å². The molecule has 3 heterocycles. The second kappa shape index (κ2) is 7.84. The Kier molecular flexibility index (Phi) is 5.47. The van der Waals surface area contributed by atoms with Crippen molar-refractivity contribution < 1.29 is 19.4 Å². The van der Waals surface area contributed by atoms with E-state index in [4.69, 9.17) is 16.3 Å². The van der Waals surface area contributed by atoms with Crippen LogP contribution in [0.15, 0.2) is 18.2 Å². The molecule has 0 saturated carbocycles. The second-order valence-corrected chi connectivity index (χ2v) is 10.1. The molecule has 1 aliphatic rings. The fourth-order valence-corrected chi connectivity index (χ4v) is 5.04. The van der Waals surface area contributed by atoms with Crippen molar-refractivity contribution in [1.29, 1.82) is 0 Å². The van der Waals surface area contributed by atoms with Gasteiger partial charge in [-0.25, -0.2) is 14.6 Å². The van der Waals surface area contributed by atoms with Crippen LogP contribution in [0.3, 0.4) is 0 Å². The fraction of sp³-hybridized carbons (Fsp3) is 0.409. The Hall–Kier alpha value is -2.58. The molecule has 31 heavy (non-hydrogen) atoms. The number of hydrogen-bond donors (Lipinski definition) is 2. The normalized spacial score (nSPS) is 16.8. The third-order valence-electron chi connectivity index (χ3n) is 5.18. The number of carboxylic acid groups (broad SMARTS) is 1. The minimum absolute atomic E-state index is 0.109. The van der Waals surface area contributed by atoms with Crippen LogP contribution >= 0.6 is 22.9 Å². The molecule has 1 amide bonds. The molecule has 0 bridgehead atoms. The van der Waals surface area contributed by atoms with Crippen LogP contribution in [-0.2, 0) is 4.74 Å². The largest absolute Gasteiger partial charge is 0.477 e. The number of carbonyl (C=O) groups excluding carboxylic acids is 1. The number of likely N-dealkylation sites (tertiary alicyclic amines) is 1. The summed E-state index contributed by atoms with van der Waals surface area (Å²) in [5.74, 6) is -0.985. The standard InChI is InChI=1S/C22H24ClN3O4S/c1-11-18(20(27)28)31-19(24-11)13-8-12-10-15(25-17(12)14(23)9-13)16-6-5-7-26(16)21(29)30-22(2,3)4/h8-10,16,25H,5-7H2,1-4H3,(H,27,28). The maximum atomic E-state index is 12.7. The Bertz CT molecular complexity index is 1180. The average Bonchev–Trinajstić information content (AvgIpc) is 3.37. The van der Waals surface area contributed by atoms with Crippen LogP contribution in [0.2, 0.25) is 5.02 Å². The fourth-order valence-electron chi connectivity index (χ4n) is 3.87. The van der Waals surface area contributed by atoms with E-state index in [-0.39, 0.29) is 17.0 Å². The topological polar surface area (TPSA) is 95.5 Å². The lowest BCUT2D eigenvalue weighted by molar-refractivity contribution is 0.0221. The number of benzene rings is 1. The number of nitrogens with one attached hydrogen (secondary N) is 1. The van der Waals surface area contributed by atoms with Crippen LogP contribution in [0.4, 0.5) is 4.79 Å². The van der Waals surface area contributed by atoms with E-state index in [1.54, 1.807) is 17.9 Å². The van der Waals surface area contributed by atoms with Crippen molar-refractivity contribution in [2.45, 2.75) is 52.2 Å². The minimum atomic E-state index is -0.985. The van der Waals surface area contributed by atoms with Gasteiger partial charge < -0.3 is 14.8 Å². The van der Waals surface area contributed by atoms with Gasteiger partial charge in [-0.1, -0.05) is 11.6 Å². The monoisotopic (exact) mass is 461 g/mol. The summed E-state index contributed by atoms with van der Waals surface area (Å²) in [5, 5.41) is 11.3. The lowest BCUT2D eigenvalue weighted by atomic mass is 10.1. The Morgan fingerprint density at radius 1 is 1.32 bits per heavy atom. The number of H-pyrrole nitrogens is 1. The van der Waals surface area contributed by atoms with Crippen molar-refractivity contribution in [3.05, 3.63) is 39.5 Å². The van der Waals surface area contributed by atoms with E-state index in [1.807, 2.05) is 32.9 Å². The van der Waals surface area contributed by atoms with Crippen LogP contribution in [0.5, 0.6) is 0 Å². The van der Waals surface area contributed by atoms with Gasteiger partial charge in [-0.3, -0.25) is 4.90 Å². The molecule has 0 spiro atoms. The highest BCUT2D eigenvalue weighted by molar-refractivity contribution is 7.17. The molecule has 9 heteroatoms. The molecule has 1 saturated heterocycles. The van der Waals surface area contributed by atoms with Crippen LogP contribution in [0.1, 0.15) is 60.7 Å². The van der Waals surface area contributed by atoms with Crippen molar-refractivity contribution in [2.75, 3.05) is 6.54 Å². The van der Waals surface area contributed by atoms with Gasteiger partial charge in [0.15, 0.2) is 0 Å². The average molecular weight is 462 g/mol. The molecule has 1 unspecified atom stereocenters. The molecule has 1 aromatic carbocycles. The van der Waals surface area contributed by atoms with Crippen molar-refractivity contribution >= 4 is 45.9 Å². The number of amides is 1. The molecule has 3 aromatic rings. The predicted octanol–water partition coefficient (Wildman–Crippen LogP) is 6.02. The molecule has 1 atom stereocenters. The minimum Gasteiger partial charge on any atom is -0.477 e. The zero-order valence-corrected chi connectivity index (χ0v) is 19.4. The number of nitrogens with zero attached hydrogens (tertiary/aromatic N) is 2. The molecule has 0 radical (unpaired) electrons. The first kappa shape index (κ1) is 21.6. The Balaban J connectivity index is 1.68. The summed E-state index contributed by atoms with van der Waals surface area (Å²) in [7, 11) is 0. The Morgan fingerprint density at radius 2 is 2.06 bits per heavy atom. The van der Waals surface area contributed by atoms with E-state index >= 15 is 0 Å². The SMILES string of the molecule is Cc1nc(-c2cc(Cl)c3[nH]c(C4CCCN4C(=O)OC(C)(C)C)cc3c2)sc1C(=O)O. The van der Waals surface area contributed by atoms with Gasteiger partial charge in [0, 0.05) is 23.2 Å². The zero-order chi connectivity index (χ0) is 22.5. The number of thiazole rings is 1. The van der Waals surface area contributed by atoms with Crippen LogP contribution in [0, 0.1) is 6.92 Å². The lowest BCUT2D eigenvalue weighted by Crippen LogP contribution is -2.36. The van der Waals surface area contributed by atoms with E-state index in [9.17, 15) is 14.7 Å². The number of aromatic nitrogens is 2. The van der Waals surface area contributed by atoms with Gasteiger partial charge in [0.05, 0.1) is 22.3 Å². The van der Waals surface area contributed by atoms with Gasteiger partial charge in [0.2, 0.25) is 0 Å². The van der Waals surface area contributed by atoms with Gasteiger partial charge in [-0.15, -0.1) is 11.3 Å². The molecule has 4 rings (SSSR count). The number of carboxylic acids is 1. The first-order valence-corrected chi connectivity index (χ1v) is 11.3. The lowest BCUT2D eigenvalue weighted by Gasteiger charge is -2.28. The molecule has 1 aliphatic heterocycles. The highest BCUT2D eigenvalue weighted by Gasteiger charge is 2.34. The third-order valence-corrected chi connectivity index (χ3v) is 6.67. The van der Waals surface area contributed by atoms with Crippen LogP contribution in [0.25, 0.3) is 21.5 Å². The Labute approximate surface area is 189 Å². The quantitative estimate of drug-likeness (QED) is 0.497. The van der Waals surface area contributed by atoms with Gasteiger partial charge in [0.25, 0.3) is 0 Å². The van der Waals surface area contributed by atoms with E-state index in [2.05, 4.69) is 9.97 Å². The summed E-state index contributed by atoms with van der Waals surface area (Å²) in [6.07, 6.45) is 1.42. The van der Waals surface area contributed by atoms with Gasteiger partial charge in [-0.2, -0.15) is 0 Å². The zero-order valence-electron chi connectivity index (χ0n) is 17.8. The first-order chi connectivity index (χ1) is 14.5. The molecule has 2 aromatic heterocycles. The number of ether oxygens (including phenoxy) is 1. The second-order valence-electron chi connectivity index (χ2n) is 8.72. The smallest absolute Gasteiger partial charge is 0.410 e. The van der Waals surface area contributed by atoms with E-state index in [1.165, 1.54) is 0 Å². The van der Waals surface area contributed by atoms with Gasteiger partial charge in [-0.05, 0) is 58.7 Å². The predicted molar refractivity (Wildman–Crippen MR) is 121 cm³/mol. The molecular weight excluding hydrogens is 438 g/mol. The molecule has 1 fully saturated rings.